The van der Waals surface area contributed by atoms with E-state index in [0.717, 1.165) is 18.1 Å². The van der Waals surface area contributed by atoms with Crippen molar-refractivity contribution >= 4 is 15.7 Å². The molecule has 2 rings (SSSR count). The van der Waals surface area contributed by atoms with Gasteiger partial charge in [0.05, 0.1) is 5.69 Å². The summed E-state index contributed by atoms with van der Waals surface area (Å²) < 4.78 is 32.8. The SMILES string of the molecule is Cc1ccc(C)c(S(=O)(=O)NCCCOCC2CC2)c1N. The molecule has 1 aliphatic carbocycles. The average Bonchev–Trinajstić information content (AvgIpc) is 3.22. The topological polar surface area (TPSA) is 81.4 Å². The zero-order valence-corrected chi connectivity index (χ0v) is 13.5. The fraction of sp³-hybridized carbons (Fsp3) is 0.600. The summed E-state index contributed by atoms with van der Waals surface area (Å²) in [5.74, 6) is 0.733. The summed E-state index contributed by atoms with van der Waals surface area (Å²) in [6, 6.07) is 3.61. The van der Waals surface area contributed by atoms with Crippen molar-refractivity contribution in [2.75, 3.05) is 25.5 Å². The standard InChI is InChI=1S/C15H24N2O3S/c1-11-4-5-12(2)15(14(11)16)21(18,19)17-8-3-9-20-10-13-6-7-13/h4-5,13,17H,3,6-10,16H2,1-2H3. The lowest BCUT2D eigenvalue weighted by molar-refractivity contribution is 0.123. The summed E-state index contributed by atoms with van der Waals surface area (Å²) >= 11 is 0. The lowest BCUT2D eigenvalue weighted by Gasteiger charge is -2.13. The predicted octanol–water partition coefficient (Wildman–Crippen LogP) is 1.98. The van der Waals surface area contributed by atoms with Gasteiger partial charge in [0.15, 0.2) is 0 Å². The molecule has 5 nitrogen and oxygen atoms in total. The molecule has 1 aliphatic rings. The predicted molar refractivity (Wildman–Crippen MR) is 83.7 cm³/mol. The third-order valence-electron chi connectivity index (χ3n) is 3.69. The molecule has 0 bridgehead atoms. The number of hydrogen-bond acceptors (Lipinski definition) is 4. The molecule has 0 radical (unpaired) electrons. The Bertz CT molecular complexity index is 595. The molecule has 0 unspecified atom stereocenters. The summed E-state index contributed by atoms with van der Waals surface area (Å²) in [5.41, 5.74) is 7.68. The first-order valence-electron chi connectivity index (χ1n) is 7.35. The summed E-state index contributed by atoms with van der Waals surface area (Å²) in [4.78, 5) is 0.196. The normalized spacial score (nSPS) is 15.3. The number of benzene rings is 1. The molecule has 0 spiro atoms. The quantitative estimate of drug-likeness (QED) is 0.568. The smallest absolute Gasteiger partial charge is 0.242 e. The molecule has 1 aromatic rings. The van der Waals surface area contributed by atoms with E-state index < -0.39 is 10.0 Å². The molecule has 21 heavy (non-hydrogen) atoms. The number of anilines is 1. The number of aryl methyl sites for hydroxylation is 2. The van der Waals surface area contributed by atoms with Gasteiger partial charge in [-0.25, -0.2) is 13.1 Å². The van der Waals surface area contributed by atoms with E-state index in [9.17, 15) is 8.42 Å². The molecule has 6 heteroatoms. The lowest BCUT2D eigenvalue weighted by Crippen LogP contribution is -2.27. The van der Waals surface area contributed by atoms with Crippen LogP contribution in [-0.2, 0) is 14.8 Å². The fourth-order valence-corrected chi connectivity index (χ4v) is 3.65. The molecule has 0 heterocycles. The lowest BCUT2D eigenvalue weighted by atomic mass is 10.1. The Balaban J connectivity index is 1.87. The van der Waals surface area contributed by atoms with Crippen LogP contribution >= 0.6 is 0 Å². The Labute approximate surface area is 126 Å². The van der Waals surface area contributed by atoms with E-state index in [1.165, 1.54) is 12.8 Å². The first-order valence-corrected chi connectivity index (χ1v) is 8.83. The summed E-state index contributed by atoms with van der Waals surface area (Å²) in [5, 5.41) is 0. The van der Waals surface area contributed by atoms with E-state index in [4.69, 9.17) is 10.5 Å². The van der Waals surface area contributed by atoms with Crippen molar-refractivity contribution in [1.29, 1.82) is 0 Å². The van der Waals surface area contributed by atoms with Gasteiger partial charge < -0.3 is 10.5 Å². The average molecular weight is 312 g/mol. The van der Waals surface area contributed by atoms with Gasteiger partial charge in [-0.2, -0.15) is 0 Å². The van der Waals surface area contributed by atoms with Crippen LogP contribution < -0.4 is 10.5 Å². The van der Waals surface area contributed by atoms with Gasteiger partial charge in [-0.3, -0.25) is 0 Å². The van der Waals surface area contributed by atoms with E-state index >= 15 is 0 Å². The van der Waals surface area contributed by atoms with Gasteiger partial charge in [0.25, 0.3) is 0 Å². The monoisotopic (exact) mass is 312 g/mol. The van der Waals surface area contributed by atoms with Crippen LogP contribution in [0.5, 0.6) is 0 Å². The van der Waals surface area contributed by atoms with Crippen molar-refractivity contribution in [2.24, 2.45) is 5.92 Å². The summed E-state index contributed by atoms with van der Waals surface area (Å²) in [6.45, 7) is 5.31. The molecule has 0 amide bonds. The van der Waals surface area contributed by atoms with Crippen LogP contribution in [0.4, 0.5) is 5.69 Å². The number of nitrogens with two attached hydrogens (primary N) is 1. The maximum atomic E-state index is 12.3. The highest BCUT2D eigenvalue weighted by molar-refractivity contribution is 7.89. The zero-order chi connectivity index (χ0) is 15.5. The molecule has 0 aromatic heterocycles. The van der Waals surface area contributed by atoms with Gasteiger partial charge in [-0.15, -0.1) is 0 Å². The highest BCUT2D eigenvalue weighted by Crippen LogP contribution is 2.28. The van der Waals surface area contributed by atoms with Crippen molar-refractivity contribution in [1.82, 2.24) is 4.72 Å². The van der Waals surface area contributed by atoms with Crippen LogP contribution in [0.3, 0.4) is 0 Å². The number of sulfonamides is 1. The number of hydrogen-bond donors (Lipinski definition) is 2. The van der Waals surface area contributed by atoms with Crippen LogP contribution in [0.15, 0.2) is 17.0 Å². The molecule has 1 saturated carbocycles. The first kappa shape index (κ1) is 16.3. The molecule has 0 aliphatic heterocycles. The van der Waals surface area contributed by atoms with Gasteiger partial charge >= 0.3 is 0 Å². The maximum Gasteiger partial charge on any atom is 0.242 e. The van der Waals surface area contributed by atoms with Crippen molar-refractivity contribution in [2.45, 2.75) is 38.0 Å². The number of nitrogens with one attached hydrogen (secondary N) is 1. The van der Waals surface area contributed by atoms with E-state index in [1.54, 1.807) is 19.9 Å². The number of rotatable bonds is 8. The van der Waals surface area contributed by atoms with Crippen LogP contribution in [0.2, 0.25) is 0 Å². The Morgan fingerprint density at radius 2 is 1.95 bits per heavy atom. The van der Waals surface area contributed by atoms with Crippen LogP contribution in [0, 0.1) is 19.8 Å². The minimum Gasteiger partial charge on any atom is -0.397 e. The Morgan fingerprint density at radius 1 is 1.29 bits per heavy atom. The fourth-order valence-electron chi connectivity index (χ4n) is 2.15. The maximum absolute atomic E-state index is 12.3. The molecule has 0 atom stereocenters. The van der Waals surface area contributed by atoms with Crippen LogP contribution in [0.1, 0.15) is 30.4 Å². The van der Waals surface area contributed by atoms with E-state index in [-0.39, 0.29) is 4.90 Å². The number of ether oxygens (including phenoxy) is 1. The summed E-state index contributed by atoms with van der Waals surface area (Å²) in [6.07, 6.45) is 3.19. The first-order chi connectivity index (χ1) is 9.92. The van der Waals surface area contributed by atoms with Crippen LogP contribution in [-0.4, -0.2) is 28.2 Å². The Kier molecular flexibility index (Phi) is 5.24. The summed E-state index contributed by atoms with van der Waals surface area (Å²) in [7, 11) is -3.57. The van der Waals surface area contributed by atoms with E-state index in [2.05, 4.69) is 4.72 Å². The minimum absolute atomic E-state index is 0.196. The largest absolute Gasteiger partial charge is 0.397 e. The van der Waals surface area contributed by atoms with E-state index in [1.807, 2.05) is 6.07 Å². The zero-order valence-electron chi connectivity index (χ0n) is 12.7. The highest BCUT2D eigenvalue weighted by atomic mass is 32.2. The molecule has 1 fully saturated rings. The van der Waals surface area contributed by atoms with Gasteiger partial charge in [0.2, 0.25) is 10.0 Å². The van der Waals surface area contributed by atoms with Crippen molar-refractivity contribution < 1.29 is 13.2 Å². The molecule has 3 N–H and O–H groups in total. The number of nitrogen functional groups attached to an aromatic ring is 1. The van der Waals surface area contributed by atoms with Gasteiger partial charge in [0.1, 0.15) is 4.90 Å². The second kappa shape index (κ2) is 6.77. The third kappa shape index (κ3) is 4.43. The van der Waals surface area contributed by atoms with E-state index in [0.29, 0.717) is 30.8 Å². The Hall–Kier alpha value is -1.11. The van der Waals surface area contributed by atoms with Gasteiger partial charge in [-0.05, 0) is 50.2 Å². The van der Waals surface area contributed by atoms with Crippen molar-refractivity contribution in [3.63, 3.8) is 0 Å². The molecular weight excluding hydrogens is 288 g/mol. The highest BCUT2D eigenvalue weighted by Gasteiger charge is 2.22. The van der Waals surface area contributed by atoms with Gasteiger partial charge in [0, 0.05) is 19.8 Å². The molecule has 0 saturated heterocycles. The molecular formula is C15H24N2O3S. The minimum atomic E-state index is -3.57. The van der Waals surface area contributed by atoms with Gasteiger partial charge in [-0.1, -0.05) is 12.1 Å². The third-order valence-corrected chi connectivity index (χ3v) is 5.35. The second-order valence-electron chi connectivity index (χ2n) is 5.71. The molecule has 118 valence electrons. The molecule has 1 aromatic carbocycles. The second-order valence-corrected chi connectivity index (χ2v) is 7.42. The van der Waals surface area contributed by atoms with Crippen LogP contribution in [0.25, 0.3) is 0 Å². The van der Waals surface area contributed by atoms with Crippen molar-refractivity contribution in [3.05, 3.63) is 23.3 Å². The Morgan fingerprint density at radius 3 is 2.62 bits per heavy atom. The van der Waals surface area contributed by atoms with Crippen molar-refractivity contribution in [3.8, 4) is 0 Å².